The maximum atomic E-state index is 13.2. The molecule has 0 atom stereocenters. The number of nitrogens with zero attached hydrogens (tertiary/aromatic N) is 2. The van der Waals surface area contributed by atoms with Crippen LogP contribution in [0.15, 0.2) is 64.8 Å². The van der Waals surface area contributed by atoms with Gasteiger partial charge in [-0.1, -0.05) is 48.0 Å². The Kier molecular flexibility index (Phi) is 5.35. The minimum Gasteiger partial charge on any atom is -0.478 e. The second-order valence-electron chi connectivity index (χ2n) is 6.39. The number of thiophene rings is 1. The number of carboxylic acids is 1. The molecule has 0 unspecified atom stereocenters. The lowest BCUT2D eigenvalue weighted by molar-refractivity contribution is -0.116. The van der Waals surface area contributed by atoms with E-state index in [1.54, 1.807) is 48.5 Å². The summed E-state index contributed by atoms with van der Waals surface area (Å²) < 4.78 is 1.19. The van der Waals surface area contributed by atoms with E-state index in [0.717, 1.165) is 11.3 Å². The fourth-order valence-corrected chi connectivity index (χ4v) is 4.14. The minimum atomic E-state index is -1.22. The van der Waals surface area contributed by atoms with E-state index in [1.807, 2.05) is 6.07 Å². The summed E-state index contributed by atoms with van der Waals surface area (Å²) in [4.78, 5) is 42.2. The van der Waals surface area contributed by atoms with Gasteiger partial charge in [0.15, 0.2) is 0 Å². The quantitative estimate of drug-likeness (QED) is 0.487. The molecule has 0 radical (unpaired) electrons. The number of rotatable bonds is 5. The molecule has 0 aliphatic carbocycles. The third-order valence-corrected chi connectivity index (χ3v) is 5.47. The van der Waals surface area contributed by atoms with Crippen LogP contribution in [0.1, 0.15) is 10.4 Å². The number of aromatic carboxylic acids is 1. The molecule has 2 aromatic carbocycles. The van der Waals surface area contributed by atoms with Gasteiger partial charge in [0.2, 0.25) is 5.91 Å². The molecular weight excluding hydrogens is 426 g/mol. The van der Waals surface area contributed by atoms with Crippen LogP contribution in [-0.4, -0.2) is 26.5 Å². The van der Waals surface area contributed by atoms with Crippen LogP contribution in [0.3, 0.4) is 0 Å². The zero-order valence-electron chi connectivity index (χ0n) is 15.3. The number of aromatic nitrogens is 2. The van der Waals surface area contributed by atoms with Crippen LogP contribution in [-0.2, 0) is 11.3 Å². The number of nitrogens with one attached hydrogen (secondary N) is 1. The van der Waals surface area contributed by atoms with E-state index >= 15 is 0 Å². The van der Waals surface area contributed by atoms with Crippen molar-refractivity contribution in [2.45, 2.75) is 6.54 Å². The van der Waals surface area contributed by atoms with Crippen LogP contribution in [0.5, 0.6) is 0 Å². The molecule has 0 fully saturated rings. The van der Waals surface area contributed by atoms with Crippen LogP contribution in [0.25, 0.3) is 21.6 Å². The van der Waals surface area contributed by atoms with Crippen LogP contribution < -0.4 is 10.9 Å². The maximum Gasteiger partial charge on any atom is 0.337 e. The highest BCUT2D eigenvalue weighted by Gasteiger charge is 2.21. The zero-order valence-corrected chi connectivity index (χ0v) is 16.9. The Balaban J connectivity index is 1.82. The summed E-state index contributed by atoms with van der Waals surface area (Å²) in [7, 11) is 0. The van der Waals surface area contributed by atoms with Crippen LogP contribution in [0.4, 0.5) is 5.69 Å². The van der Waals surface area contributed by atoms with Gasteiger partial charge in [-0.05, 0) is 18.2 Å². The number of carboxylic acid groups (broad SMARTS) is 1. The standard InChI is InChI=1S/C21H14ClN3O4S/c22-13-7-4-8-14(9-13)23-16(26)10-25-18(12-5-2-1-3-6-12)24-19-17(20(25)27)15(11-30-19)21(28)29/h1-9,11H,10H2,(H,23,26)(H,28,29). The number of carbonyl (C=O) groups is 2. The Morgan fingerprint density at radius 1 is 1.13 bits per heavy atom. The Labute approximate surface area is 179 Å². The lowest BCUT2D eigenvalue weighted by Gasteiger charge is -2.13. The highest BCUT2D eigenvalue weighted by Crippen LogP contribution is 2.25. The van der Waals surface area contributed by atoms with E-state index in [4.69, 9.17) is 11.6 Å². The number of hydrogen-bond acceptors (Lipinski definition) is 5. The fraction of sp³-hybridized carbons (Fsp3) is 0.0476. The smallest absolute Gasteiger partial charge is 0.337 e. The van der Waals surface area contributed by atoms with Crippen LogP contribution in [0, 0.1) is 0 Å². The Bertz CT molecular complexity index is 1330. The van der Waals surface area contributed by atoms with Gasteiger partial charge in [-0.3, -0.25) is 14.2 Å². The Morgan fingerprint density at radius 2 is 1.90 bits per heavy atom. The molecule has 4 aromatic rings. The first-order valence-electron chi connectivity index (χ1n) is 8.80. The zero-order chi connectivity index (χ0) is 21.3. The van der Waals surface area contributed by atoms with Crippen LogP contribution in [0.2, 0.25) is 5.02 Å². The summed E-state index contributed by atoms with van der Waals surface area (Å²) >= 11 is 7.02. The van der Waals surface area contributed by atoms with Crippen molar-refractivity contribution in [3.8, 4) is 11.4 Å². The Hall–Kier alpha value is -3.49. The van der Waals surface area contributed by atoms with E-state index in [0.29, 0.717) is 21.1 Å². The second-order valence-corrected chi connectivity index (χ2v) is 7.68. The molecule has 150 valence electrons. The summed E-state index contributed by atoms with van der Waals surface area (Å²) in [5, 5.41) is 13.9. The number of halogens is 1. The van der Waals surface area contributed by atoms with E-state index in [9.17, 15) is 19.5 Å². The summed E-state index contributed by atoms with van der Waals surface area (Å²) in [6.45, 7) is -0.340. The molecule has 4 rings (SSSR count). The monoisotopic (exact) mass is 439 g/mol. The fourth-order valence-electron chi connectivity index (χ4n) is 3.05. The highest BCUT2D eigenvalue weighted by molar-refractivity contribution is 7.17. The number of hydrogen-bond donors (Lipinski definition) is 2. The molecule has 0 aliphatic rings. The summed E-state index contributed by atoms with van der Waals surface area (Å²) in [6, 6.07) is 15.6. The van der Waals surface area contributed by atoms with Gasteiger partial charge < -0.3 is 10.4 Å². The normalized spacial score (nSPS) is 10.8. The number of carbonyl (C=O) groups excluding carboxylic acids is 1. The Morgan fingerprint density at radius 3 is 2.60 bits per heavy atom. The van der Waals surface area contributed by atoms with Crippen LogP contribution >= 0.6 is 22.9 Å². The van der Waals surface area contributed by atoms with Gasteiger partial charge in [-0.25, -0.2) is 9.78 Å². The van der Waals surface area contributed by atoms with Crippen molar-refractivity contribution in [2.24, 2.45) is 0 Å². The van der Waals surface area contributed by atoms with Crippen molar-refractivity contribution in [3.05, 3.63) is 80.9 Å². The first-order chi connectivity index (χ1) is 14.4. The van der Waals surface area contributed by atoms with Gasteiger partial charge >= 0.3 is 5.97 Å². The average molecular weight is 440 g/mol. The molecule has 0 saturated carbocycles. The number of amides is 1. The third kappa shape index (κ3) is 3.83. The molecule has 0 saturated heterocycles. The predicted octanol–water partition coefficient (Wildman–Crippen LogP) is 4.12. The number of anilines is 1. The first kappa shape index (κ1) is 19.8. The molecule has 0 aliphatic heterocycles. The van der Waals surface area contributed by atoms with E-state index in [-0.39, 0.29) is 23.3 Å². The topological polar surface area (TPSA) is 101 Å². The molecule has 0 bridgehead atoms. The van der Waals surface area contributed by atoms with Gasteiger partial charge in [-0.15, -0.1) is 11.3 Å². The lowest BCUT2D eigenvalue weighted by atomic mass is 10.2. The maximum absolute atomic E-state index is 13.2. The van der Waals surface area contributed by atoms with E-state index < -0.39 is 17.4 Å². The molecule has 2 aromatic heterocycles. The molecule has 2 heterocycles. The summed E-state index contributed by atoms with van der Waals surface area (Å²) in [5.74, 6) is -1.40. The van der Waals surface area contributed by atoms with E-state index in [1.165, 1.54) is 9.95 Å². The minimum absolute atomic E-state index is 0.0114. The summed E-state index contributed by atoms with van der Waals surface area (Å²) in [5.41, 5.74) is 0.407. The molecule has 2 N–H and O–H groups in total. The van der Waals surface area contributed by atoms with Gasteiger partial charge in [0.05, 0.1) is 10.9 Å². The van der Waals surface area contributed by atoms with Crippen molar-refractivity contribution >= 4 is 50.7 Å². The SMILES string of the molecule is O=C(Cn1c(-c2ccccc2)nc2scc(C(=O)O)c2c1=O)Nc1cccc(Cl)c1. The molecule has 9 heteroatoms. The second kappa shape index (κ2) is 8.10. The number of fused-ring (bicyclic) bond motifs is 1. The molecule has 7 nitrogen and oxygen atoms in total. The van der Waals surface area contributed by atoms with Gasteiger partial charge in [0.1, 0.15) is 17.2 Å². The number of benzene rings is 2. The molecular formula is C21H14ClN3O4S. The van der Waals surface area contributed by atoms with Crippen molar-refractivity contribution in [3.63, 3.8) is 0 Å². The van der Waals surface area contributed by atoms with Crippen molar-refractivity contribution in [1.82, 2.24) is 9.55 Å². The molecule has 30 heavy (non-hydrogen) atoms. The third-order valence-electron chi connectivity index (χ3n) is 4.37. The van der Waals surface area contributed by atoms with E-state index in [2.05, 4.69) is 10.3 Å². The van der Waals surface area contributed by atoms with Crippen molar-refractivity contribution in [1.29, 1.82) is 0 Å². The van der Waals surface area contributed by atoms with Crippen molar-refractivity contribution < 1.29 is 14.7 Å². The predicted molar refractivity (Wildman–Crippen MR) is 116 cm³/mol. The van der Waals surface area contributed by atoms with Gasteiger partial charge in [0.25, 0.3) is 5.56 Å². The first-order valence-corrected chi connectivity index (χ1v) is 10.1. The summed E-state index contributed by atoms with van der Waals surface area (Å²) in [6.07, 6.45) is 0. The van der Waals surface area contributed by atoms with Gasteiger partial charge in [-0.2, -0.15) is 0 Å². The largest absolute Gasteiger partial charge is 0.478 e. The lowest BCUT2D eigenvalue weighted by Crippen LogP contribution is -2.30. The van der Waals surface area contributed by atoms with Crippen molar-refractivity contribution in [2.75, 3.05) is 5.32 Å². The molecule has 0 spiro atoms. The average Bonchev–Trinajstić information content (AvgIpc) is 3.15. The highest BCUT2D eigenvalue weighted by atomic mass is 35.5. The van der Waals surface area contributed by atoms with Gasteiger partial charge in [0, 0.05) is 21.7 Å². The molecule has 1 amide bonds.